The van der Waals surface area contributed by atoms with Gasteiger partial charge >= 0.3 is 0 Å². The number of hydrogen-bond donors (Lipinski definition) is 1. The van der Waals surface area contributed by atoms with E-state index in [1.807, 2.05) is 34.5 Å². The molecule has 7 heteroatoms. The van der Waals surface area contributed by atoms with Gasteiger partial charge in [-0.3, -0.25) is 4.79 Å². The minimum Gasteiger partial charge on any atom is -0.497 e. The maximum absolute atomic E-state index is 12.8. The van der Waals surface area contributed by atoms with Gasteiger partial charge in [0.2, 0.25) is 0 Å². The molecule has 0 aliphatic carbocycles. The molecule has 0 bridgehead atoms. The van der Waals surface area contributed by atoms with Crippen molar-refractivity contribution in [3.63, 3.8) is 0 Å². The third kappa shape index (κ3) is 3.88. The molecule has 1 fully saturated rings. The van der Waals surface area contributed by atoms with Crippen molar-refractivity contribution in [3.05, 3.63) is 45.9 Å². The van der Waals surface area contributed by atoms with Crippen molar-refractivity contribution < 1.29 is 9.53 Å². The Labute approximate surface area is 152 Å². The van der Waals surface area contributed by atoms with Crippen LogP contribution in [0.15, 0.2) is 29.6 Å². The van der Waals surface area contributed by atoms with Crippen LogP contribution < -0.4 is 10.5 Å². The van der Waals surface area contributed by atoms with Crippen molar-refractivity contribution in [3.8, 4) is 5.75 Å². The van der Waals surface area contributed by atoms with Crippen molar-refractivity contribution in [1.29, 1.82) is 0 Å². The van der Waals surface area contributed by atoms with E-state index in [0.29, 0.717) is 12.2 Å². The maximum atomic E-state index is 12.8. The number of halogens is 1. The van der Waals surface area contributed by atoms with Gasteiger partial charge in [-0.1, -0.05) is 12.1 Å². The molecule has 3 rings (SSSR count). The van der Waals surface area contributed by atoms with Crippen molar-refractivity contribution in [2.24, 2.45) is 5.73 Å². The van der Waals surface area contributed by atoms with E-state index in [1.165, 1.54) is 11.3 Å². The van der Waals surface area contributed by atoms with Crippen LogP contribution in [-0.4, -0.2) is 36.0 Å². The van der Waals surface area contributed by atoms with Crippen LogP contribution in [0, 0.1) is 0 Å². The molecule has 2 N–H and O–H groups in total. The smallest absolute Gasteiger partial charge is 0.273 e. The number of likely N-dealkylation sites (tertiary alicyclic amines) is 1. The van der Waals surface area contributed by atoms with Gasteiger partial charge in [0.1, 0.15) is 11.4 Å². The average Bonchev–Trinajstić information content (AvgIpc) is 3.24. The van der Waals surface area contributed by atoms with E-state index in [0.717, 1.165) is 42.1 Å². The zero-order valence-corrected chi connectivity index (χ0v) is 15.2. The molecule has 0 radical (unpaired) electrons. The lowest BCUT2D eigenvalue weighted by Crippen LogP contribution is -2.30. The van der Waals surface area contributed by atoms with Gasteiger partial charge in [-0.15, -0.1) is 23.7 Å². The summed E-state index contributed by atoms with van der Waals surface area (Å²) in [4.78, 5) is 19.1. The van der Waals surface area contributed by atoms with Gasteiger partial charge in [-0.25, -0.2) is 4.98 Å². The Morgan fingerprint density at radius 1 is 1.42 bits per heavy atom. The molecule has 1 aliphatic heterocycles. The quantitative estimate of drug-likeness (QED) is 0.881. The van der Waals surface area contributed by atoms with E-state index in [9.17, 15) is 4.79 Å². The van der Waals surface area contributed by atoms with Crippen LogP contribution in [0.5, 0.6) is 5.75 Å². The molecule has 1 atom stereocenters. The largest absolute Gasteiger partial charge is 0.497 e. The van der Waals surface area contributed by atoms with Gasteiger partial charge in [0.15, 0.2) is 0 Å². The second-order valence-corrected chi connectivity index (χ2v) is 6.54. The summed E-state index contributed by atoms with van der Waals surface area (Å²) in [7, 11) is 1.65. The number of nitrogens with two attached hydrogens (primary N) is 1. The Hall–Kier alpha value is -1.63. The molecule has 2 aromatic rings. The number of carbonyl (C=O) groups is 1. The second kappa shape index (κ2) is 8.46. The topological polar surface area (TPSA) is 68.5 Å². The van der Waals surface area contributed by atoms with E-state index >= 15 is 0 Å². The molecule has 1 aromatic carbocycles. The Bertz CT molecular complexity index is 675. The summed E-state index contributed by atoms with van der Waals surface area (Å²) in [6.07, 6.45) is 2.72. The number of rotatable bonds is 5. The predicted molar refractivity (Wildman–Crippen MR) is 98.1 cm³/mol. The number of benzene rings is 1. The highest BCUT2D eigenvalue weighted by molar-refractivity contribution is 7.09. The molecule has 1 unspecified atom stereocenters. The van der Waals surface area contributed by atoms with Crippen molar-refractivity contribution in [1.82, 2.24) is 9.88 Å². The molecule has 2 heterocycles. The highest BCUT2D eigenvalue weighted by atomic mass is 35.5. The summed E-state index contributed by atoms with van der Waals surface area (Å²) in [5.41, 5.74) is 7.24. The third-order valence-corrected chi connectivity index (χ3v) is 5.05. The lowest BCUT2D eigenvalue weighted by molar-refractivity contribution is 0.0730. The fourth-order valence-corrected chi connectivity index (χ4v) is 3.76. The minimum atomic E-state index is 0. The van der Waals surface area contributed by atoms with Crippen molar-refractivity contribution in [2.45, 2.75) is 25.3 Å². The van der Waals surface area contributed by atoms with Gasteiger partial charge in [0.25, 0.3) is 5.91 Å². The molecule has 0 spiro atoms. The zero-order valence-electron chi connectivity index (χ0n) is 13.6. The number of ether oxygens (including phenoxy) is 1. The lowest BCUT2D eigenvalue weighted by Gasteiger charge is -2.24. The molecular formula is C17H22ClN3O2S. The molecule has 24 heavy (non-hydrogen) atoms. The Kier molecular flexibility index (Phi) is 6.60. The number of aromatic nitrogens is 1. The van der Waals surface area contributed by atoms with E-state index in [-0.39, 0.29) is 24.4 Å². The fraction of sp³-hybridized carbons (Fsp3) is 0.412. The SMILES string of the molecule is COc1ccc(C2CCCN2C(=O)c2csc(CCN)n2)cc1.Cl. The second-order valence-electron chi connectivity index (χ2n) is 5.59. The number of hydrogen-bond acceptors (Lipinski definition) is 5. The van der Waals surface area contributed by atoms with Crippen LogP contribution in [0.2, 0.25) is 0 Å². The molecule has 1 saturated heterocycles. The highest BCUT2D eigenvalue weighted by Crippen LogP contribution is 2.34. The van der Waals surface area contributed by atoms with E-state index < -0.39 is 0 Å². The van der Waals surface area contributed by atoms with Crippen LogP contribution in [0.4, 0.5) is 0 Å². The molecule has 130 valence electrons. The van der Waals surface area contributed by atoms with Crippen LogP contribution in [-0.2, 0) is 6.42 Å². The fourth-order valence-electron chi connectivity index (χ4n) is 2.98. The molecular weight excluding hydrogens is 346 g/mol. The molecule has 1 aromatic heterocycles. The summed E-state index contributed by atoms with van der Waals surface area (Å²) in [6, 6.07) is 8.08. The highest BCUT2D eigenvalue weighted by Gasteiger charge is 2.31. The summed E-state index contributed by atoms with van der Waals surface area (Å²) in [5, 5.41) is 2.77. The van der Waals surface area contributed by atoms with Crippen LogP contribution in [0.3, 0.4) is 0 Å². The van der Waals surface area contributed by atoms with E-state index in [1.54, 1.807) is 7.11 Å². The van der Waals surface area contributed by atoms with Crippen LogP contribution >= 0.6 is 23.7 Å². The minimum absolute atomic E-state index is 0. The van der Waals surface area contributed by atoms with Gasteiger partial charge in [-0.2, -0.15) is 0 Å². The maximum Gasteiger partial charge on any atom is 0.273 e. The molecule has 0 saturated carbocycles. The Balaban J connectivity index is 0.00000208. The summed E-state index contributed by atoms with van der Waals surface area (Å²) < 4.78 is 5.20. The summed E-state index contributed by atoms with van der Waals surface area (Å²) in [6.45, 7) is 1.33. The first kappa shape index (κ1) is 18.7. The first-order chi connectivity index (χ1) is 11.2. The number of nitrogens with zero attached hydrogens (tertiary/aromatic N) is 2. The Morgan fingerprint density at radius 2 is 2.17 bits per heavy atom. The lowest BCUT2D eigenvalue weighted by atomic mass is 10.0. The normalized spacial score (nSPS) is 16.8. The van der Waals surface area contributed by atoms with E-state index in [4.69, 9.17) is 10.5 Å². The predicted octanol–water partition coefficient (Wildman–Crippen LogP) is 3.05. The van der Waals surface area contributed by atoms with Gasteiger partial charge in [0.05, 0.1) is 18.2 Å². The molecule has 1 amide bonds. The summed E-state index contributed by atoms with van der Waals surface area (Å²) in [5.74, 6) is 0.846. The average molecular weight is 368 g/mol. The number of methoxy groups -OCH3 is 1. The zero-order chi connectivity index (χ0) is 16.2. The first-order valence-corrected chi connectivity index (χ1v) is 8.70. The molecule has 5 nitrogen and oxygen atoms in total. The van der Waals surface area contributed by atoms with Crippen LogP contribution in [0.25, 0.3) is 0 Å². The van der Waals surface area contributed by atoms with Crippen LogP contribution in [0.1, 0.15) is 39.9 Å². The Morgan fingerprint density at radius 3 is 2.83 bits per heavy atom. The third-order valence-electron chi connectivity index (χ3n) is 4.14. The standard InChI is InChI=1S/C17H21N3O2S.ClH/c1-22-13-6-4-12(5-7-13)15-3-2-10-20(15)17(21)14-11-23-16(19-14)8-9-18;/h4-7,11,15H,2-3,8-10,18H2,1H3;1H. The van der Waals surface area contributed by atoms with Crippen molar-refractivity contribution in [2.75, 3.05) is 20.2 Å². The monoisotopic (exact) mass is 367 g/mol. The first-order valence-electron chi connectivity index (χ1n) is 7.82. The van der Waals surface area contributed by atoms with Gasteiger partial charge < -0.3 is 15.4 Å². The summed E-state index contributed by atoms with van der Waals surface area (Å²) >= 11 is 1.51. The number of amides is 1. The van der Waals surface area contributed by atoms with E-state index in [2.05, 4.69) is 4.98 Å². The van der Waals surface area contributed by atoms with Crippen molar-refractivity contribution >= 4 is 29.7 Å². The van der Waals surface area contributed by atoms with Gasteiger partial charge in [0, 0.05) is 18.3 Å². The van der Waals surface area contributed by atoms with Gasteiger partial charge in [-0.05, 0) is 37.1 Å². The molecule has 1 aliphatic rings. The number of carbonyl (C=O) groups excluding carboxylic acids is 1. The number of thiazole rings is 1.